The molecule has 0 aliphatic carbocycles. The summed E-state index contributed by atoms with van der Waals surface area (Å²) < 4.78 is 11.8. The molecule has 1 aromatic heterocycles. The Balaban J connectivity index is 2.41. The van der Waals surface area contributed by atoms with Crippen molar-refractivity contribution in [3.8, 4) is 0 Å². The molecule has 0 fully saturated rings. The lowest BCUT2D eigenvalue weighted by molar-refractivity contribution is 0.681. The second-order valence-electron chi connectivity index (χ2n) is 4.00. The van der Waals surface area contributed by atoms with Crippen LogP contribution in [0, 0.1) is 0 Å². The molecular formula is C13H16N2OS. The van der Waals surface area contributed by atoms with Crippen LogP contribution >= 0.6 is 0 Å². The third-order valence-corrected chi connectivity index (χ3v) is 4.13. The Morgan fingerprint density at radius 1 is 1.35 bits per heavy atom. The van der Waals surface area contributed by atoms with E-state index < -0.39 is 10.8 Å². The third-order valence-electron chi connectivity index (χ3n) is 2.64. The molecular weight excluding hydrogens is 232 g/mol. The molecule has 1 heterocycles. The van der Waals surface area contributed by atoms with Gasteiger partial charge in [-0.1, -0.05) is 13.0 Å². The van der Waals surface area contributed by atoms with Crippen LogP contribution in [-0.2, 0) is 16.6 Å². The Morgan fingerprint density at radius 3 is 2.94 bits per heavy atom. The molecule has 0 bridgehead atoms. The van der Waals surface area contributed by atoms with Crippen LogP contribution in [0.25, 0.3) is 10.9 Å². The molecule has 0 aliphatic rings. The van der Waals surface area contributed by atoms with Gasteiger partial charge in [0.1, 0.15) is 0 Å². The van der Waals surface area contributed by atoms with Crippen molar-refractivity contribution >= 4 is 27.4 Å². The van der Waals surface area contributed by atoms with Crippen molar-refractivity contribution in [2.75, 3.05) is 11.5 Å². The maximum Gasteiger partial charge on any atom is 0.0763 e. The first-order chi connectivity index (χ1) is 8.22. The number of benzene rings is 1. The fourth-order valence-corrected chi connectivity index (χ4v) is 3.02. The van der Waals surface area contributed by atoms with Crippen molar-refractivity contribution in [2.45, 2.75) is 19.1 Å². The van der Waals surface area contributed by atoms with Crippen molar-refractivity contribution in [3.05, 3.63) is 36.0 Å². The highest BCUT2D eigenvalue weighted by molar-refractivity contribution is 7.84. The average molecular weight is 248 g/mol. The predicted octanol–water partition coefficient (Wildman–Crippen LogP) is 2.48. The fraction of sp³-hybridized carbons (Fsp3) is 0.308. The van der Waals surface area contributed by atoms with E-state index in [2.05, 4.69) is 4.98 Å². The largest absolute Gasteiger partial charge is 0.398 e. The highest BCUT2D eigenvalue weighted by atomic mass is 32.2. The third kappa shape index (κ3) is 2.64. The molecule has 1 unspecified atom stereocenters. The van der Waals surface area contributed by atoms with Gasteiger partial charge in [0.15, 0.2) is 0 Å². The number of nitrogen functional groups attached to an aromatic ring is 1. The number of fused-ring (bicyclic) bond motifs is 1. The Morgan fingerprint density at radius 2 is 2.18 bits per heavy atom. The van der Waals surface area contributed by atoms with Crippen molar-refractivity contribution in [2.24, 2.45) is 0 Å². The molecule has 1 atom stereocenters. The van der Waals surface area contributed by atoms with Crippen LogP contribution < -0.4 is 5.73 Å². The van der Waals surface area contributed by atoms with Gasteiger partial charge in [0.25, 0.3) is 0 Å². The van der Waals surface area contributed by atoms with Gasteiger partial charge in [-0.15, -0.1) is 0 Å². The van der Waals surface area contributed by atoms with Gasteiger partial charge in [0.05, 0.1) is 11.3 Å². The highest BCUT2D eigenvalue weighted by Crippen LogP contribution is 2.23. The van der Waals surface area contributed by atoms with Gasteiger partial charge >= 0.3 is 0 Å². The topological polar surface area (TPSA) is 56.0 Å². The van der Waals surface area contributed by atoms with E-state index in [0.717, 1.165) is 34.3 Å². The van der Waals surface area contributed by atoms with E-state index in [9.17, 15) is 4.21 Å². The summed E-state index contributed by atoms with van der Waals surface area (Å²) in [6.07, 6.45) is 2.68. The van der Waals surface area contributed by atoms with Gasteiger partial charge in [-0.3, -0.25) is 9.19 Å². The summed E-state index contributed by atoms with van der Waals surface area (Å²) in [5.74, 6) is 1.29. The first kappa shape index (κ1) is 12.0. The molecule has 2 aromatic rings. The number of nitrogens with two attached hydrogens (primary N) is 1. The van der Waals surface area contributed by atoms with Gasteiger partial charge in [0, 0.05) is 33.8 Å². The molecule has 1 aromatic carbocycles. The number of anilines is 1. The van der Waals surface area contributed by atoms with Crippen LogP contribution in [0.1, 0.15) is 18.9 Å². The second-order valence-corrected chi connectivity index (χ2v) is 5.58. The SMILES string of the molecule is CCCS(=O)Cc1ccc(N)c2cccnc12. The van der Waals surface area contributed by atoms with Gasteiger partial charge in [-0.05, 0) is 30.2 Å². The summed E-state index contributed by atoms with van der Waals surface area (Å²) in [4.78, 5) is 4.34. The number of aromatic nitrogens is 1. The van der Waals surface area contributed by atoms with E-state index in [4.69, 9.17) is 5.73 Å². The molecule has 4 heteroatoms. The zero-order chi connectivity index (χ0) is 12.3. The number of rotatable bonds is 4. The van der Waals surface area contributed by atoms with E-state index in [1.54, 1.807) is 6.20 Å². The van der Waals surface area contributed by atoms with Gasteiger partial charge in [0.2, 0.25) is 0 Å². The maximum absolute atomic E-state index is 11.8. The zero-order valence-corrected chi connectivity index (χ0v) is 10.7. The van der Waals surface area contributed by atoms with E-state index in [0.29, 0.717) is 5.75 Å². The monoisotopic (exact) mass is 248 g/mol. The van der Waals surface area contributed by atoms with Gasteiger partial charge in [-0.2, -0.15) is 0 Å². The van der Waals surface area contributed by atoms with Crippen LogP contribution in [-0.4, -0.2) is 14.9 Å². The Hall–Kier alpha value is -1.42. The predicted molar refractivity (Wildman–Crippen MR) is 73.2 cm³/mol. The highest BCUT2D eigenvalue weighted by Gasteiger charge is 2.07. The van der Waals surface area contributed by atoms with Crippen LogP contribution in [0.15, 0.2) is 30.5 Å². The summed E-state index contributed by atoms with van der Waals surface area (Å²) in [5, 5.41) is 0.943. The summed E-state index contributed by atoms with van der Waals surface area (Å²) >= 11 is 0. The van der Waals surface area contributed by atoms with Crippen LogP contribution in [0.3, 0.4) is 0 Å². The first-order valence-electron chi connectivity index (χ1n) is 5.69. The van der Waals surface area contributed by atoms with Gasteiger partial charge < -0.3 is 5.73 Å². The number of hydrogen-bond donors (Lipinski definition) is 1. The molecule has 90 valence electrons. The lowest BCUT2D eigenvalue weighted by atomic mass is 10.1. The lowest BCUT2D eigenvalue weighted by Gasteiger charge is -2.07. The zero-order valence-electron chi connectivity index (χ0n) is 9.85. The number of hydrogen-bond acceptors (Lipinski definition) is 3. The average Bonchev–Trinajstić information content (AvgIpc) is 2.34. The molecule has 3 nitrogen and oxygen atoms in total. The Labute approximate surface area is 104 Å². The number of nitrogens with zero attached hydrogens (tertiary/aromatic N) is 1. The van der Waals surface area contributed by atoms with Crippen molar-refractivity contribution < 1.29 is 4.21 Å². The molecule has 0 saturated heterocycles. The quantitative estimate of drug-likeness (QED) is 0.846. The normalized spacial score (nSPS) is 12.8. The second kappa shape index (κ2) is 5.27. The summed E-state index contributed by atoms with van der Waals surface area (Å²) in [6, 6.07) is 7.61. The minimum atomic E-state index is -0.814. The molecule has 0 radical (unpaired) electrons. The molecule has 0 aliphatic heterocycles. The Bertz CT molecular complexity index is 554. The molecule has 2 rings (SSSR count). The van der Waals surface area contributed by atoms with Crippen LogP contribution in [0.2, 0.25) is 0 Å². The van der Waals surface area contributed by atoms with E-state index in [1.165, 1.54) is 0 Å². The minimum absolute atomic E-state index is 0.557. The van der Waals surface area contributed by atoms with Crippen LogP contribution in [0.5, 0.6) is 0 Å². The standard InChI is InChI=1S/C13H16N2OS/c1-2-8-17(16)9-10-5-6-12(14)11-4-3-7-15-13(10)11/h3-7H,2,8-9,14H2,1H3. The van der Waals surface area contributed by atoms with E-state index in [-0.39, 0.29) is 0 Å². The van der Waals surface area contributed by atoms with E-state index >= 15 is 0 Å². The van der Waals surface area contributed by atoms with Crippen molar-refractivity contribution in [3.63, 3.8) is 0 Å². The van der Waals surface area contributed by atoms with Crippen LogP contribution in [0.4, 0.5) is 5.69 Å². The lowest BCUT2D eigenvalue weighted by Crippen LogP contribution is -2.02. The van der Waals surface area contributed by atoms with Gasteiger partial charge in [-0.25, -0.2) is 0 Å². The molecule has 0 saturated carbocycles. The smallest absolute Gasteiger partial charge is 0.0763 e. The Kier molecular flexibility index (Phi) is 3.74. The van der Waals surface area contributed by atoms with Crippen molar-refractivity contribution in [1.29, 1.82) is 0 Å². The fourth-order valence-electron chi connectivity index (χ4n) is 1.84. The molecule has 0 spiro atoms. The summed E-state index contributed by atoms with van der Waals surface area (Å²) in [5.41, 5.74) is 8.51. The molecule has 0 amide bonds. The van der Waals surface area contributed by atoms with E-state index in [1.807, 2.05) is 31.2 Å². The van der Waals surface area contributed by atoms with Crippen molar-refractivity contribution in [1.82, 2.24) is 4.98 Å². The summed E-state index contributed by atoms with van der Waals surface area (Å²) in [6.45, 7) is 2.04. The first-order valence-corrected chi connectivity index (χ1v) is 7.18. The molecule has 17 heavy (non-hydrogen) atoms. The molecule has 2 N–H and O–H groups in total. The summed E-state index contributed by atoms with van der Waals surface area (Å²) in [7, 11) is -0.814. The maximum atomic E-state index is 11.8. The minimum Gasteiger partial charge on any atom is -0.398 e. The number of pyridine rings is 1.